The van der Waals surface area contributed by atoms with Crippen molar-refractivity contribution in [1.82, 2.24) is 15.0 Å². The van der Waals surface area contributed by atoms with Crippen molar-refractivity contribution in [3.05, 3.63) is 42.2 Å². The van der Waals surface area contributed by atoms with Gasteiger partial charge in [0.05, 0.1) is 40.6 Å². The monoisotopic (exact) mass is 471 g/mol. The molecule has 0 amide bonds. The molecule has 1 fully saturated rings. The van der Waals surface area contributed by atoms with Gasteiger partial charge >= 0.3 is 0 Å². The highest BCUT2D eigenvalue weighted by Gasteiger charge is 2.41. The second kappa shape index (κ2) is 10.5. The summed E-state index contributed by atoms with van der Waals surface area (Å²) >= 11 is 1.58. The summed E-state index contributed by atoms with van der Waals surface area (Å²) in [5.74, 6) is 0.622. The Bertz CT molecular complexity index is 1060. The third kappa shape index (κ3) is 5.15. The van der Waals surface area contributed by atoms with E-state index < -0.39 is 18.2 Å². The molecule has 1 saturated carbocycles. The van der Waals surface area contributed by atoms with E-state index in [1.807, 2.05) is 37.3 Å². The molecule has 1 aliphatic rings. The number of aliphatic hydroxyl groups is 3. The van der Waals surface area contributed by atoms with Crippen LogP contribution in [0.1, 0.15) is 12.1 Å². The highest BCUT2D eigenvalue weighted by Crippen LogP contribution is 2.39. The summed E-state index contributed by atoms with van der Waals surface area (Å²) in [5, 5.41) is 36.8. The van der Waals surface area contributed by atoms with Gasteiger partial charge in [0.1, 0.15) is 11.9 Å². The van der Waals surface area contributed by atoms with E-state index in [2.05, 4.69) is 25.6 Å². The Hall–Kier alpha value is -2.63. The molecule has 4 atom stereocenters. The summed E-state index contributed by atoms with van der Waals surface area (Å²) in [5.41, 5.74) is 2.49. The van der Waals surface area contributed by atoms with Gasteiger partial charge in [0.2, 0.25) is 5.95 Å². The van der Waals surface area contributed by atoms with Crippen molar-refractivity contribution in [1.29, 1.82) is 0 Å². The van der Waals surface area contributed by atoms with Crippen molar-refractivity contribution >= 4 is 23.1 Å². The number of hydrogen-bond donors (Lipinski definition) is 5. The standard InChI is InChI=1S/C23H29N5O4S/c1-13-19(18-7-6-17(33-18)15-5-3-4-8-24-15)22(28-23(26-13)25-9-10-32-2)27-16-11-14(12-29)20(30)21(16)31/h3-8,14,16,20-21,29-31H,9-12H2,1-2H3,(H2,25,26,27,28)/t14-,16-,20-,21+/m1/s1. The van der Waals surface area contributed by atoms with Crippen molar-refractivity contribution in [2.75, 3.05) is 37.5 Å². The fraction of sp³-hybridized carbons (Fsp3) is 0.435. The SMILES string of the molecule is COCCNc1nc(C)c(-c2ccc(-c3ccccn3)s2)c(N[C@@H]2C[C@H](CO)[C@@H](O)[C@H]2O)n1. The van der Waals surface area contributed by atoms with Crippen LogP contribution in [0.2, 0.25) is 0 Å². The minimum atomic E-state index is -1.01. The van der Waals surface area contributed by atoms with Crippen LogP contribution < -0.4 is 10.6 Å². The summed E-state index contributed by atoms with van der Waals surface area (Å²) in [6.45, 7) is 2.79. The van der Waals surface area contributed by atoms with Gasteiger partial charge in [-0.3, -0.25) is 4.98 Å². The molecule has 3 aromatic heterocycles. The van der Waals surface area contributed by atoms with Crippen LogP contribution in [0.15, 0.2) is 36.5 Å². The normalized spacial score (nSPS) is 22.5. The van der Waals surface area contributed by atoms with E-state index >= 15 is 0 Å². The predicted molar refractivity (Wildman–Crippen MR) is 128 cm³/mol. The van der Waals surface area contributed by atoms with E-state index in [1.54, 1.807) is 24.6 Å². The third-order valence-electron chi connectivity index (χ3n) is 5.81. The minimum absolute atomic E-state index is 0.186. The number of pyridine rings is 1. The lowest BCUT2D eigenvalue weighted by Crippen LogP contribution is -2.35. The molecule has 1 aliphatic carbocycles. The zero-order valence-electron chi connectivity index (χ0n) is 18.6. The van der Waals surface area contributed by atoms with Crippen LogP contribution in [-0.4, -0.2) is 75.4 Å². The van der Waals surface area contributed by atoms with E-state index in [0.717, 1.165) is 26.7 Å². The van der Waals surface area contributed by atoms with Crippen LogP contribution in [0.3, 0.4) is 0 Å². The first-order valence-electron chi connectivity index (χ1n) is 10.9. The predicted octanol–water partition coefficient (Wildman–Crippen LogP) is 2.15. The highest BCUT2D eigenvalue weighted by molar-refractivity contribution is 7.18. The van der Waals surface area contributed by atoms with Crippen LogP contribution in [-0.2, 0) is 4.74 Å². The van der Waals surface area contributed by atoms with Crippen molar-refractivity contribution in [2.45, 2.75) is 31.6 Å². The molecule has 0 spiro atoms. The molecular weight excluding hydrogens is 442 g/mol. The van der Waals surface area contributed by atoms with Crippen molar-refractivity contribution in [3.8, 4) is 21.0 Å². The Morgan fingerprint density at radius 2 is 1.94 bits per heavy atom. The van der Waals surface area contributed by atoms with E-state index in [9.17, 15) is 15.3 Å². The van der Waals surface area contributed by atoms with E-state index in [0.29, 0.717) is 31.3 Å². The van der Waals surface area contributed by atoms with E-state index in [-0.39, 0.29) is 12.5 Å². The van der Waals surface area contributed by atoms with Crippen LogP contribution in [0.4, 0.5) is 11.8 Å². The van der Waals surface area contributed by atoms with Gasteiger partial charge in [0.25, 0.3) is 0 Å². The third-order valence-corrected chi connectivity index (χ3v) is 6.93. The molecule has 5 N–H and O–H groups in total. The Kier molecular flexibility index (Phi) is 7.51. The molecule has 0 unspecified atom stereocenters. The number of thiophene rings is 1. The van der Waals surface area contributed by atoms with Gasteiger partial charge in [-0.15, -0.1) is 11.3 Å². The van der Waals surface area contributed by atoms with Gasteiger partial charge < -0.3 is 30.7 Å². The molecule has 9 nitrogen and oxygen atoms in total. The van der Waals surface area contributed by atoms with Gasteiger partial charge in [0, 0.05) is 37.3 Å². The van der Waals surface area contributed by atoms with Crippen LogP contribution in [0, 0.1) is 12.8 Å². The molecule has 176 valence electrons. The van der Waals surface area contributed by atoms with Gasteiger partial charge in [-0.25, -0.2) is 4.98 Å². The zero-order chi connectivity index (χ0) is 23.4. The molecule has 0 saturated heterocycles. The van der Waals surface area contributed by atoms with Crippen LogP contribution >= 0.6 is 11.3 Å². The summed E-state index contributed by atoms with van der Waals surface area (Å²) in [4.78, 5) is 15.7. The van der Waals surface area contributed by atoms with Gasteiger partial charge in [-0.1, -0.05) is 6.07 Å². The lowest BCUT2D eigenvalue weighted by molar-refractivity contribution is 0.00446. The average Bonchev–Trinajstić information content (AvgIpc) is 3.40. The fourth-order valence-corrected chi connectivity index (χ4v) is 5.14. The van der Waals surface area contributed by atoms with E-state index in [4.69, 9.17) is 4.74 Å². The molecule has 0 radical (unpaired) electrons. The Morgan fingerprint density at radius 3 is 2.64 bits per heavy atom. The minimum Gasteiger partial charge on any atom is -0.396 e. The molecule has 33 heavy (non-hydrogen) atoms. The fourth-order valence-electron chi connectivity index (χ4n) is 4.06. The van der Waals surface area contributed by atoms with Crippen molar-refractivity contribution in [3.63, 3.8) is 0 Å². The largest absolute Gasteiger partial charge is 0.396 e. The van der Waals surface area contributed by atoms with Crippen molar-refractivity contribution in [2.24, 2.45) is 5.92 Å². The topological polar surface area (TPSA) is 133 Å². The van der Waals surface area contributed by atoms with E-state index in [1.165, 1.54) is 0 Å². The van der Waals surface area contributed by atoms with Gasteiger partial charge in [-0.2, -0.15) is 4.98 Å². The molecule has 3 aromatic rings. The molecule has 4 rings (SSSR count). The summed E-state index contributed by atoms with van der Waals surface area (Å²) < 4.78 is 5.10. The first-order valence-corrected chi connectivity index (χ1v) is 11.7. The Balaban J connectivity index is 1.69. The Morgan fingerprint density at radius 1 is 1.12 bits per heavy atom. The first-order chi connectivity index (χ1) is 16.0. The molecule has 0 aromatic carbocycles. The molecule has 10 heteroatoms. The maximum absolute atomic E-state index is 10.5. The first kappa shape index (κ1) is 23.5. The lowest BCUT2D eigenvalue weighted by Gasteiger charge is -2.21. The molecule has 0 aliphatic heterocycles. The maximum Gasteiger partial charge on any atom is 0.224 e. The van der Waals surface area contributed by atoms with Crippen LogP contribution in [0.5, 0.6) is 0 Å². The number of aryl methyl sites for hydroxylation is 1. The number of nitrogens with one attached hydrogen (secondary N) is 2. The van der Waals surface area contributed by atoms with Gasteiger partial charge in [0.15, 0.2) is 0 Å². The number of aromatic nitrogens is 3. The van der Waals surface area contributed by atoms with Crippen LogP contribution in [0.25, 0.3) is 21.0 Å². The highest BCUT2D eigenvalue weighted by atomic mass is 32.1. The summed E-state index contributed by atoms with van der Waals surface area (Å²) in [6, 6.07) is 9.38. The maximum atomic E-state index is 10.5. The molecule has 0 bridgehead atoms. The summed E-state index contributed by atoms with van der Waals surface area (Å²) in [7, 11) is 1.63. The number of hydrogen-bond acceptors (Lipinski definition) is 10. The molecular formula is C23H29N5O4S. The van der Waals surface area contributed by atoms with Gasteiger partial charge in [-0.05, 0) is 37.6 Å². The Labute approximate surface area is 196 Å². The number of aliphatic hydroxyl groups excluding tert-OH is 3. The second-order valence-electron chi connectivity index (χ2n) is 8.07. The van der Waals surface area contributed by atoms with Crippen molar-refractivity contribution < 1.29 is 20.1 Å². The lowest BCUT2D eigenvalue weighted by atomic mass is 10.1. The number of ether oxygens (including phenoxy) is 1. The number of rotatable bonds is 9. The number of anilines is 2. The smallest absolute Gasteiger partial charge is 0.224 e. The number of methoxy groups -OCH3 is 1. The molecule has 3 heterocycles. The quantitative estimate of drug-likeness (QED) is 0.298. The average molecular weight is 472 g/mol. The second-order valence-corrected chi connectivity index (χ2v) is 9.15. The zero-order valence-corrected chi connectivity index (χ0v) is 19.4. The number of nitrogens with zero attached hydrogens (tertiary/aromatic N) is 3. The summed E-state index contributed by atoms with van der Waals surface area (Å²) in [6.07, 6.45) is 0.191.